The molecule has 3 fully saturated rings. The summed E-state index contributed by atoms with van der Waals surface area (Å²) in [6.07, 6.45) is 7.99. The van der Waals surface area contributed by atoms with Crippen LogP contribution in [0.5, 0.6) is 0 Å². The Hall–Kier alpha value is -0.410. The first kappa shape index (κ1) is 10.7. The summed E-state index contributed by atoms with van der Waals surface area (Å²) in [4.78, 5) is 14.4. The Morgan fingerprint density at radius 1 is 1.06 bits per heavy atom. The van der Waals surface area contributed by atoms with Crippen molar-refractivity contribution in [3.8, 4) is 0 Å². The first-order valence-electron chi connectivity index (χ1n) is 6.72. The van der Waals surface area contributed by atoms with Gasteiger partial charge in [-0.1, -0.05) is 12.8 Å². The van der Waals surface area contributed by atoms with Gasteiger partial charge in [0.1, 0.15) is 5.78 Å². The van der Waals surface area contributed by atoms with Crippen LogP contribution in [0.2, 0.25) is 0 Å². The van der Waals surface area contributed by atoms with E-state index in [0.717, 1.165) is 25.9 Å². The molecule has 0 amide bonds. The van der Waals surface area contributed by atoms with Crippen LogP contribution < -0.4 is 0 Å². The van der Waals surface area contributed by atoms with Gasteiger partial charge in [0, 0.05) is 19.0 Å². The van der Waals surface area contributed by atoms with Crippen molar-refractivity contribution in [2.75, 3.05) is 19.6 Å². The van der Waals surface area contributed by atoms with Crippen molar-refractivity contribution in [3.63, 3.8) is 0 Å². The Labute approximate surface area is 97.1 Å². The zero-order valence-corrected chi connectivity index (χ0v) is 9.86. The van der Waals surface area contributed by atoms with Gasteiger partial charge in [0.2, 0.25) is 0 Å². The first-order valence-corrected chi connectivity index (χ1v) is 6.72. The van der Waals surface area contributed by atoms with Gasteiger partial charge in [-0.3, -0.25) is 9.69 Å². The van der Waals surface area contributed by atoms with E-state index >= 15 is 0 Å². The van der Waals surface area contributed by atoms with Crippen molar-refractivity contribution >= 4 is 5.78 Å². The van der Waals surface area contributed by atoms with Crippen molar-refractivity contribution in [2.45, 2.75) is 50.7 Å². The maximum absolute atomic E-state index is 12.1. The number of Topliss-reactive ketones (excluding diaryl/α,β-unsaturated/α-hetero) is 1. The third-order valence-corrected chi connectivity index (χ3v) is 4.31. The lowest BCUT2D eigenvalue weighted by atomic mass is 10.0. The molecule has 2 unspecified atom stereocenters. The topological polar surface area (TPSA) is 29.5 Å². The van der Waals surface area contributed by atoms with Crippen LogP contribution in [0.25, 0.3) is 0 Å². The molecule has 0 aromatic heterocycles. The minimum atomic E-state index is 0.375. The number of ether oxygens (including phenoxy) is 1. The Morgan fingerprint density at radius 2 is 1.69 bits per heavy atom. The predicted octanol–water partition coefficient (Wildman–Crippen LogP) is 1.61. The highest BCUT2D eigenvalue weighted by Crippen LogP contribution is 2.28. The molecule has 0 aromatic rings. The van der Waals surface area contributed by atoms with E-state index in [-0.39, 0.29) is 0 Å². The summed E-state index contributed by atoms with van der Waals surface area (Å²) in [5.74, 6) is 0.860. The third-order valence-electron chi connectivity index (χ3n) is 4.31. The lowest BCUT2D eigenvalue weighted by Gasteiger charge is -2.32. The summed E-state index contributed by atoms with van der Waals surface area (Å²) in [6.45, 7) is 2.64. The molecule has 3 nitrogen and oxygen atoms in total. The number of ketones is 1. The summed E-state index contributed by atoms with van der Waals surface area (Å²) >= 11 is 0. The highest BCUT2D eigenvalue weighted by Gasteiger charge is 2.35. The van der Waals surface area contributed by atoms with Crippen LogP contribution in [0.4, 0.5) is 0 Å². The van der Waals surface area contributed by atoms with Gasteiger partial charge in [-0.15, -0.1) is 0 Å². The molecule has 1 saturated carbocycles. The fourth-order valence-corrected chi connectivity index (χ4v) is 3.43. The highest BCUT2D eigenvalue weighted by molar-refractivity contribution is 5.83. The van der Waals surface area contributed by atoms with E-state index in [1.54, 1.807) is 0 Å². The maximum atomic E-state index is 12.1. The normalized spacial score (nSPS) is 35.8. The van der Waals surface area contributed by atoms with Gasteiger partial charge in [0.25, 0.3) is 0 Å². The van der Waals surface area contributed by atoms with E-state index in [1.807, 2.05) is 0 Å². The number of carbonyl (C=O) groups excluding carboxylic acids is 1. The molecule has 2 atom stereocenters. The fraction of sp³-hybridized carbons (Fsp3) is 0.923. The molecule has 3 rings (SSSR count). The molecule has 1 aliphatic carbocycles. The van der Waals surface area contributed by atoms with Crippen molar-refractivity contribution in [3.05, 3.63) is 0 Å². The van der Waals surface area contributed by atoms with Crippen LogP contribution in [0.1, 0.15) is 38.5 Å². The molecule has 3 aliphatic rings. The Kier molecular flexibility index (Phi) is 2.99. The lowest BCUT2D eigenvalue weighted by Crippen LogP contribution is -2.45. The summed E-state index contributed by atoms with van der Waals surface area (Å²) in [7, 11) is 0. The van der Waals surface area contributed by atoms with Crippen LogP contribution in [0, 0.1) is 5.92 Å². The van der Waals surface area contributed by atoms with E-state index in [2.05, 4.69) is 4.90 Å². The minimum absolute atomic E-state index is 0.375. The molecule has 90 valence electrons. The number of hydrogen-bond acceptors (Lipinski definition) is 3. The number of carbonyl (C=O) groups is 1. The number of morpholine rings is 1. The summed E-state index contributed by atoms with van der Waals surface area (Å²) in [5, 5.41) is 0. The largest absolute Gasteiger partial charge is 0.372 e. The van der Waals surface area contributed by atoms with Gasteiger partial charge in [-0.25, -0.2) is 0 Å². The van der Waals surface area contributed by atoms with E-state index in [1.165, 1.54) is 25.7 Å². The highest BCUT2D eigenvalue weighted by atomic mass is 16.5. The second-order valence-corrected chi connectivity index (χ2v) is 5.60. The molecular formula is C13H21NO2. The first-order chi connectivity index (χ1) is 7.81. The van der Waals surface area contributed by atoms with Crippen LogP contribution in [0.3, 0.4) is 0 Å². The maximum Gasteiger partial charge on any atom is 0.149 e. The van der Waals surface area contributed by atoms with E-state index in [4.69, 9.17) is 4.74 Å². The van der Waals surface area contributed by atoms with Gasteiger partial charge in [-0.2, -0.15) is 0 Å². The summed E-state index contributed by atoms with van der Waals surface area (Å²) in [5.41, 5.74) is 0. The fourth-order valence-electron chi connectivity index (χ4n) is 3.43. The summed E-state index contributed by atoms with van der Waals surface area (Å²) < 4.78 is 5.78. The van der Waals surface area contributed by atoms with Gasteiger partial charge in [-0.05, 0) is 25.7 Å². The van der Waals surface area contributed by atoms with Crippen molar-refractivity contribution < 1.29 is 9.53 Å². The van der Waals surface area contributed by atoms with Crippen LogP contribution in [-0.2, 0) is 9.53 Å². The zero-order valence-electron chi connectivity index (χ0n) is 9.86. The number of nitrogens with zero attached hydrogens (tertiary/aromatic N) is 1. The minimum Gasteiger partial charge on any atom is -0.372 e. The average Bonchev–Trinajstić information content (AvgIpc) is 2.88. The quantitative estimate of drug-likeness (QED) is 0.728. The average molecular weight is 223 g/mol. The number of fused-ring (bicyclic) bond motifs is 2. The van der Waals surface area contributed by atoms with Crippen LogP contribution in [-0.4, -0.2) is 42.5 Å². The second-order valence-electron chi connectivity index (χ2n) is 5.60. The Balaban J connectivity index is 1.52. The molecule has 2 heterocycles. The second kappa shape index (κ2) is 4.46. The van der Waals surface area contributed by atoms with Gasteiger partial charge in [0.05, 0.1) is 18.8 Å². The van der Waals surface area contributed by atoms with E-state index in [0.29, 0.717) is 30.5 Å². The standard InChI is InChI=1S/C13H21NO2/c15-13(10-3-1-2-4-10)9-14-7-11-5-6-12(8-14)16-11/h10-12H,1-9H2. The lowest BCUT2D eigenvalue weighted by molar-refractivity contribution is -0.126. The van der Waals surface area contributed by atoms with Gasteiger partial charge >= 0.3 is 0 Å². The molecule has 2 bridgehead atoms. The molecule has 0 radical (unpaired) electrons. The molecule has 16 heavy (non-hydrogen) atoms. The third kappa shape index (κ3) is 2.16. The van der Waals surface area contributed by atoms with Gasteiger partial charge < -0.3 is 4.74 Å². The molecular weight excluding hydrogens is 202 g/mol. The molecule has 2 saturated heterocycles. The van der Waals surface area contributed by atoms with Crippen molar-refractivity contribution in [1.29, 1.82) is 0 Å². The number of hydrogen-bond donors (Lipinski definition) is 0. The molecule has 0 spiro atoms. The van der Waals surface area contributed by atoms with Crippen LogP contribution >= 0.6 is 0 Å². The van der Waals surface area contributed by atoms with Crippen molar-refractivity contribution in [2.24, 2.45) is 5.92 Å². The monoisotopic (exact) mass is 223 g/mol. The Bertz CT molecular complexity index is 261. The SMILES string of the molecule is O=C(CN1CC2CCC(C1)O2)C1CCCC1. The predicted molar refractivity (Wildman–Crippen MR) is 61.3 cm³/mol. The smallest absolute Gasteiger partial charge is 0.149 e. The van der Waals surface area contributed by atoms with Gasteiger partial charge in [0.15, 0.2) is 0 Å². The van der Waals surface area contributed by atoms with Crippen molar-refractivity contribution in [1.82, 2.24) is 4.90 Å². The molecule has 3 heteroatoms. The molecule has 0 N–H and O–H groups in total. The van der Waals surface area contributed by atoms with E-state index in [9.17, 15) is 4.79 Å². The number of likely N-dealkylation sites (tertiary alicyclic amines) is 1. The molecule has 2 aliphatic heterocycles. The zero-order chi connectivity index (χ0) is 11.0. The van der Waals surface area contributed by atoms with Crippen LogP contribution in [0.15, 0.2) is 0 Å². The van der Waals surface area contributed by atoms with E-state index < -0.39 is 0 Å². The molecule has 0 aromatic carbocycles. The summed E-state index contributed by atoms with van der Waals surface area (Å²) in [6, 6.07) is 0. The number of rotatable bonds is 3. The Morgan fingerprint density at radius 3 is 2.31 bits per heavy atom.